The first-order valence-electron chi connectivity index (χ1n) is 11.7. The van der Waals surface area contributed by atoms with Crippen molar-refractivity contribution in [2.24, 2.45) is 5.92 Å². The monoisotopic (exact) mass is 511 g/mol. The smallest absolute Gasteiger partial charge is 0.244 e. The SMILES string of the molecule is CC(C)C(=O)N1C(C)CN(S(=O)(=O)c2ccccc2)CC1C(=O)NCc1cnc(-c2ccco2)cn1. The molecule has 1 fully saturated rings. The van der Waals surface area contributed by atoms with Gasteiger partial charge in [-0.25, -0.2) is 13.4 Å². The van der Waals surface area contributed by atoms with E-state index >= 15 is 0 Å². The van der Waals surface area contributed by atoms with Gasteiger partial charge in [-0.1, -0.05) is 32.0 Å². The number of hydrogen-bond acceptors (Lipinski definition) is 7. The van der Waals surface area contributed by atoms with Gasteiger partial charge in [0.1, 0.15) is 11.7 Å². The van der Waals surface area contributed by atoms with E-state index in [-0.39, 0.29) is 36.4 Å². The second kappa shape index (κ2) is 10.6. The van der Waals surface area contributed by atoms with Gasteiger partial charge in [-0.15, -0.1) is 0 Å². The molecule has 3 heterocycles. The minimum atomic E-state index is -3.84. The zero-order chi connectivity index (χ0) is 25.9. The van der Waals surface area contributed by atoms with Crippen molar-refractivity contribution in [1.82, 2.24) is 24.5 Å². The van der Waals surface area contributed by atoms with Gasteiger partial charge >= 0.3 is 0 Å². The van der Waals surface area contributed by atoms with E-state index in [1.807, 2.05) is 0 Å². The number of carbonyl (C=O) groups is 2. The molecule has 190 valence electrons. The largest absolute Gasteiger partial charge is 0.463 e. The first-order chi connectivity index (χ1) is 17.2. The molecule has 0 spiro atoms. The molecule has 36 heavy (non-hydrogen) atoms. The molecule has 1 aromatic carbocycles. The molecule has 1 N–H and O–H groups in total. The summed E-state index contributed by atoms with van der Waals surface area (Å²) in [6, 6.07) is 10.1. The fraction of sp³-hybridized carbons (Fsp3) is 0.360. The molecule has 2 aromatic heterocycles. The predicted molar refractivity (Wildman–Crippen MR) is 132 cm³/mol. The Labute approximate surface area is 210 Å². The maximum absolute atomic E-state index is 13.3. The summed E-state index contributed by atoms with van der Waals surface area (Å²) in [5.41, 5.74) is 1.07. The molecule has 11 heteroatoms. The van der Waals surface area contributed by atoms with Crippen molar-refractivity contribution in [1.29, 1.82) is 0 Å². The second-order valence-corrected chi connectivity index (χ2v) is 10.9. The van der Waals surface area contributed by atoms with Gasteiger partial charge in [0.05, 0.1) is 35.8 Å². The summed E-state index contributed by atoms with van der Waals surface area (Å²) in [6.07, 6.45) is 4.62. The van der Waals surface area contributed by atoms with Crippen molar-refractivity contribution in [3.05, 3.63) is 66.8 Å². The minimum absolute atomic E-state index is 0.0737. The van der Waals surface area contributed by atoms with E-state index in [0.717, 1.165) is 0 Å². The van der Waals surface area contributed by atoms with Gasteiger partial charge in [-0.2, -0.15) is 4.31 Å². The average molecular weight is 512 g/mol. The topological polar surface area (TPSA) is 126 Å². The predicted octanol–water partition coefficient (Wildman–Crippen LogP) is 2.30. The van der Waals surface area contributed by atoms with Gasteiger partial charge in [-0.05, 0) is 31.2 Å². The third-order valence-corrected chi connectivity index (χ3v) is 7.86. The normalized spacial score (nSPS) is 18.8. The van der Waals surface area contributed by atoms with Crippen LogP contribution in [0, 0.1) is 5.92 Å². The Morgan fingerprint density at radius 1 is 1.08 bits per heavy atom. The van der Waals surface area contributed by atoms with Crippen LogP contribution < -0.4 is 5.32 Å². The molecule has 3 aromatic rings. The summed E-state index contributed by atoms with van der Waals surface area (Å²) in [7, 11) is -3.84. The lowest BCUT2D eigenvalue weighted by Crippen LogP contribution is -2.65. The highest BCUT2D eigenvalue weighted by Crippen LogP contribution is 2.25. The maximum Gasteiger partial charge on any atom is 0.244 e. The molecule has 10 nitrogen and oxygen atoms in total. The summed E-state index contributed by atoms with van der Waals surface area (Å²) in [4.78, 5) is 36.6. The van der Waals surface area contributed by atoms with Crippen LogP contribution in [0.4, 0.5) is 0 Å². The van der Waals surface area contributed by atoms with Gasteiger partial charge in [-0.3, -0.25) is 14.6 Å². The van der Waals surface area contributed by atoms with E-state index in [0.29, 0.717) is 17.1 Å². The van der Waals surface area contributed by atoms with Crippen molar-refractivity contribution in [3.63, 3.8) is 0 Å². The fourth-order valence-electron chi connectivity index (χ4n) is 4.15. The molecule has 0 saturated carbocycles. The van der Waals surface area contributed by atoms with Crippen LogP contribution in [-0.4, -0.2) is 64.6 Å². The maximum atomic E-state index is 13.3. The molecule has 1 saturated heterocycles. The summed E-state index contributed by atoms with van der Waals surface area (Å²) < 4.78 is 33.2. The highest BCUT2D eigenvalue weighted by Gasteiger charge is 2.43. The van der Waals surface area contributed by atoms with Gasteiger partial charge in [0, 0.05) is 25.0 Å². The molecule has 1 aliphatic heterocycles. The number of nitrogens with one attached hydrogen (secondary N) is 1. The number of furan rings is 1. The molecule has 2 atom stereocenters. The van der Waals surface area contributed by atoms with E-state index in [4.69, 9.17) is 4.42 Å². The van der Waals surface area contributed by atoms with Crippen LogP contribution in [0.2, 0.25) is 0 Å². The first-order valence-corrected chi connectivity index (χ1v) is 13.1. The Hall–Kier alpha value is -3.57. The highest BCUT2D eigenvalue weighted by molar-refractivity contribution is 7.89. The summed E-state index contributed by atoms with van der Waals surface area (Å²) >= 11 is 0. The molecule has 2 amide bonds. The Bertz CT molecular complexity index is 1290. The zero-order valence-electron chi connectivity index (χ0n) is 20.4. The molecule has 2 unspecified atom stereocenters. The van der Waals surface area contributed by atoms with Crippen LogP contribution in [0.3, 0.4) is 0 Å². The van der Waals surface area contributed by atoms with E-state index in [1.54, 1.807) is 63.6 Å². The van der Waals surface area contributed by atoms with Crippen LogP contribution in [-0.2, 0) is 26.2 Å². The Morgan fingerprint density at radius 3 is 2.44 bits per heavy atom. The first kappa shape index (κ1) is 25.5. The van der Waals surface area contributed by atoms with E-state index < -0.39 is 28.0 Å². The molecular formula is C25H29N5O5S. The highest BCUT2D eigenvalue weighted by atomic mass is 32.2. The number of sulfonamides is 1. The number of aromatic nitrogens is 2. The third kappa shape index (κ3) is 5.31. The van der Waals surface area contributed by atoms with E-state index in [9.17, 15) is 18.0 Å². The molecule has 1 aliphatic rings. The zero-order valence-corrected chi connectivity index (χ0v) is 21.2. The van der Waals surface area contributed by atoms with Crippen molar-refractivity contribution in [2.45, 2.75) is 44.3 Å². The van der Waals surface area contributed by atoms with Crippen LogP contribution in [0.5, 0.6) is 0 Å². The number of amides is 2. The van der Waals surface area contributed by atoms with Gasteiger partial charge < -0.3 is 14.6 Å². The van der Waals surface area contributed by atoms with E-state index in [1.165, 1.54) is 27.5 Å². The lowest BCUT2D eigenvalue weighted by Gasteiger charge is -2.44. The molecular weight excluding hydrogens is 482 g/mol. The minimum Gasteiger partial charge on any atom is -0.463 e. The van der Waals surface area contributed by atoms with Crippen LogP contribution in [0.1, 0.15) is 26.5 Å². The summed E-state index contributed by atoms with van der Waals surface area (Å²) in [5, 5.41) is 2.80. The van der Waals surface area contributed by atoms with E-state index in [2.05, 4.69) is 15.3 Å². The number of carbonyl (C=O) groups excluding carboxylic acids is 2. The fourth-order valence-corrected chi connectivity index (χ4v) is 5.70. The van der Waals surface area contributed by atoms with Crippen LogP contribution in [0.25, 0.3) is 11.5 Å². The Kier molecular flexibility index (Phi) is 7.51. The number of hydrogen-bond donors (Lipinski definition) is 1. The Balaban J connectivity index is 1.53. The Morgan fingerprint density at radius 2 is 1.83 bits per heavy atom. The lowest BCUT2D eigenvalue weighted by atomic mass is 10.0. The molecule has 0 radical (unpaired) electrons. The quantitative estimate of drug-likeness (QED) is 0.516. The van der Waals surface area contributed by atoms with Gasteiger partial charge in [0.25, 0.3) is 0 Å². The van der Waals surface area contributed by atoms with Crippen LogP contribution >= 0.6 is 0 Å². The van der Waals surface area contributed by atoms with Crippen LogP contribution in [0.15, 0.2) is 70.4 Å². The van der Waals surface area contributed by atoms with Gasteiger partial charge in [0.15, 0.2) is 5.76 Å². The average Bonchev–Trinajstić information content (AvgIpc) is 3.42. The van der Waals surface area contributed by atoms with Crippen molar-refractivity contribution < 1.29 is 22.4 Å². The van der Waals surface area contributed by atoms with Crippen molar-refractivity contribution in [3.8, 4) is 11.5 Å². The lowest BCUT2D eigenvalue weighted by molar-refractivity contribution is -0.148. The number of nitrogens with zero attached hydrogens (tertiary/aromatic N) is 4. The van der Waals surface area contributed by atoms with Gasteiger partial charge in [0.2, 0.25) is 21.8 Å². The molecule has 4 rings (SSSR count). The third-order valence-electron chi connectivity index (χ3n) is 6.01. The standard InChI is InChI=1S/C25H29N5O5S/c1-17(2)25(32)30-18(3)15-29(36(33,34)20-8-5-4-6-9-20)16-22(30)24(31)28-13-19-12-27-21(14-26-19)23-10-7-11-35-23/h4-12,14,17-18,22H,13,15-16H2,1-3H3,(H,28,31). The summed E-state index contributed by atoms with van der Waals surface area (Å²) in [5.74, 6) is -0.431. The van der Waals surface area contributed by atoms with Crippen molar-refractivity contribution in [2.75, 3.05) is 13.1 Å². The number of piperazine rings is 1. The number of benzene rings is 1. The second-order valence-electron chi connectivity index (χ2n) is 8.99. The van der Waals surface area contributed by atoms with Crippen molar-refractivity contribution >= 4 is 21.8 Å². The number of rotatable bonds is 7. The molecule has 0 aliphatic carbocycles. The molecule has 0 bridgehead atoms. The summed E-state index contributed by atoms with van der Waals surface area (Å²) in [6.45, 7) is 5.30.